The van der Waals surface area contributed by atoms with Crippen molar-refractivity contribution in [2.24, 2.45) is 5.92 Å². The smallest absolute Gasteiger partial charge is 0.291 e. The number of pyridine rings is 1. The third-order valence-electron chi connectivity index (χ3n) is 3.00. The molecule has 0 radical (unpaired) electrons. The molecule has 0 aliphatic carbocycles. The fourth-order valence-electron chi connectivity index (χ4n) is 2.09. The van der Waals surface area contributed by atoms with Gasteiger partial charge in [-0.25, -0.2) is 4.98 Å². The zero-order chi connectivity index (χ0) is 15.6. The summed E-state index contributed by atoms with van der Waals surface area (Å²) in [5.74, 6) is 0.188. The topological polar surface area (TPSA) is 93.4 Å². The van der Waals surface area contributed by atoms with Crippen LogP contribution in [0.5, 0.6) is 0 Å². The van der Waals surface area contributed by atoms with Crippen molar-refractivity contribution in [1.29, 1.82) is 0 Å². The number of rotatable bonds is 4. The Hall–Kier alpha value is -1.67. The average molecular weight is 330 g/mol. The minimum atomic E-state index is -0.594. The number of hydrogen-bond acceptors (Lipinski definition) is 6. The second-order valence-electron chi connectivity index (χ2n) is 4.61. The van der Waals surface area contributed by atoms with Crippen molar-refractivity contribution in [1.82, 2.24) is 4.98 Å². The molecule has 9 heteroatoms. The summed E-state index contributed by atoms with van der Waals surface area (Å²) in [6, 6.07) is 2.54. The molecular weight excluding hydrogens is 318 g/mol. The van der Waals surface area contributed by atoms with Gasteiger partial charge in [0.15, 0.2) is 5.12 Å². The highest BCUT2D eigenvalue weighted by Gasteiger charge is 2.35. The molecule has 1 unspecified atom stereocenters. The van der Waals surface area contributed by atoms with Gasteiger partial charge in [0.25, 0.3) is 0 Å². The Balaban J connectivity index is 2.22. The summed E-state index contributed by atoms with van der Waals surface area (Å²) < 4.78 is 0. The summed E-state index contributed by atoms with van der Waals surface area (Å²) in [6.07, 6.45) is 0.242. The number of nitro groups is 1. The molecule has 1 aliphatic rings. The van der Waals surface area contributed by atoms with Gasteiger partial charge in [0, 0.05) is 31.7 Å². The summed E-state index contributed by atoms with van der Waals surface area (Å²) >= 11 is 6.91. The van der Waals surface area contributed by atoms with Crippen LogP contribution in [0.3, 0.4) is 0 Å². The van der Waals surface area contributed by atoms with E-state index < -0.39 is 4.92 Å². The lowest BCUT2D eigenvalue weighted by Gasteiger charge is -2.15. The molecule has 2 rings (SSSR count). The Morgan fingerprint density at radius 2 is 2.33 bits per heavy atom. The zero-order valence-corrected chi connectivity index (χ0v) is 12.7. The molecule has 112 valence electrons. The van der Waals surface area contributed by atoms with E-state index in [1.807, 2.05) is 0 Å². The van der Waals surface area contributed by atoms with Gasteiger partial charge >= 0.3 is 5.69 Å². The van der Waals surface area contributed by atoms with Crippen LogP contribution in [0.25, 0.3) is 0 Å². The number of hydrogen-bond donors (Lipinski definition) is 0. The molecule has 1 aliphatic heterocycles. The van der Waals surface area contributed by atoms with Gasteiger partial charge in [-0.2, -0.15) is 0 Å². The molecule has 7 nitrogen and oxygen atoms in total. The number of halogens is 1. The van der Waals surface area contributed by atoms with Gasteiger partial charge in [-0.05, 0) is 12.0 Å². The SMILES string of the molecule is CC(=O)SCC1CC(=O)N(c2nc(Cl)ccc2[N+](=O)[O-])C1. The van der Waals surface area contributed by atoms with Crippen molar-refractivity contribution < 1.29 is 14.5 Å². The maximum Gasteiger partial charge on any atom is 0.312 e. The van der Waals surface area contributed by atoms with E-state index in [2.05, 4.69) is 4.98 Å². The van der Waals surface area contributed by atoms with Gasteiger partial charge in [-0.1, -0.05) is 23.4 Å². The van der Waals surface area contributed by atoms with E-state index in [0.29, 0.717) is 12.3 Å². The van der Waals surface area contributed by atoms with Crippen LogP contribution in [-0.4, -0.2) is 33.2 Å². The predicted molar refractivity (Wildman–Crippen MR) is 79.5 cm³/mol. The third kappa shape index (κ3) is 3.70. The molecule has 0 N–H and O–H groups in total. The number of amides is 1. The van der Waals surface area contributed by atoms with E-state index >= 15 is 0 Å². The molecule has 1 aromatic heterocycles. The molecular formula is C12H12ClN3O4S. The third-order valence-corrected chi connectivity index (χ3v) is 4.26. The van der Waals surface area contributed by atoms with E-state index in [0.717, 1.165) is 11.8 Å². The second kappa shape index (κ2) is 6.40. The second-order valence-corrected chi connectivity index (χ2v) is 6.20. The van der Waals surface area contributed by atoms with Gasteiger partial charge in [-0.15, -0.1) is 0 Å². The van der Waals surface area contributed by atoms with E-state index in [-0.39, 0.29) is 40.0 Å². The Morgan fingerprint density at radius 1 is 1.62 bits per heavy atom. The fourth-order valence-corrected chi connectivity index (χ4v) is 2.93. The summed E-state index contributed by atoms with van der Waals surface area (Å²) in [4.78, 5) is 38.6. The maximum absolute atomic E-state index is 12.0. The van der Waals surface area contributed by atoms with E-state index in [1.165, 1.54) is 24.0 Å². The van der Waals surface area contributed by atoms with Crippen LogP contribution in [0, 0.1) is 16.0 Å². The summed E-state index contributed by atoms with van der Waals surface area (Å²) in [6.45, 7) is 1.76. The molecule has 21 heavy (non-hydrogen) atoms. The highest BCUT2D eigenvalue weighted by Crippen LogP contribution is 2.33. The van der Waals surface area contributed by atoms with Crippen LogP contribution in [0.1, 0.15) is 13.3 Å². The first kappa shape index (κ1) is 15.7. The Bertz CT molecular complexity index is 610. The molecule has 1 fully saturated rings. The normalized spacial score (nSPS) is 18.1. The molecule has 0 bridgehead atoms. The fraction of sp³-hybridized carbons (Fsp3) is 0.417. The lowest BCUT2D eigenvalue weighted by Crippen LogP contribution is -2.26. The van der Waals surface area contributed by atoms with Crippen molar-refractivity contribution in [2.45, 2.75) is 13.3 Å². The van der Waals surface area contributed by atoms with Crippen LogP contribution in [0.4, 0.5) is 11.5 Å². The lowest BCUT2D eigenvalue weighted by molar-refractivity contribution is -0.384. The predicted octanol–water partition coefficient (Wildman–Crippen LogP) is 2.28. The Morgan fingerprint density at radius 3 is 2.95 bits per heavy atom. The number of carbonyl (C=O) groups excluding carboxylic acids is 2. The largest absolute Gasteiger partial charge is 0.312 e. The lowest BCUT2D eigenvalue weighted by atomic mass is 10.1. The van der Waals surface area contributed by atoms with Gasteiger partial charge in [0.05, 0.1) is 4.92 Å². The van der Waals surface area contributed by atoms with E-state index in [9.17, 15) is 19.7 Å². The van der Waals surface area contributed by atoms with Gasteiger partial charge in [-0.3, -0.25) is 24.6 Å². The molecule has 1 atom stereocenters. The molecule has 0 aromatic carbocycles. The molecule has 1 aromatic rings. The highest BCUT2D eigenvalue weighted by atomic mass is 35.5. The van der Waals surface area contributed by atoms with Crippen molar-refractivity contribution in [3.05, 3.63) is 27.4 Å². The minimum absolute atomic E-state index is 0.0206. The molecule has 1 saturated heterocycles. The Kier molecular flexibility index (Phi) is 4.79. The van der Waals surface area contributed by atoms with Crippen LogP contribution >= 0.6 is 23.4 Å². The number of nitrogens with zero attached hydrogens (tertiary/aromatic N) is 3. The number of anilines is 1. The first-order valence-corrected chi connectivity index (χ1v) is 7.49. The number of thioether (sulfide) groups is 1. The first-order chi connectivity index (χ1) is 9.88. The maximum atomic E-state index is 12.0. The number of carbonyl (C=O) groups is 2. The highest BCUT2D eigenvalue weighted by molar-refractivity contribution is 8.13. The quantitative estimate of drug-likeness (QED) is 0.478. The van der Waals surface area contributed by atoms with E-state index in [1.54, 1.807) is 0 Å². The van der Waals surface area contributed by atoms with Crippen LogP contribution in [0.15, 0.2) is 12.1 Å². The summed E-state index contributed by atoms with van der Waals surface area (Å²) in [5.41, 5.74) is -0.257. The molecule has 2 heterocycles. The van der Waals surface area contributed by atoms with E-state index in [4.69, 9.17) is 11.6 Å². The van der Waals surface area contributed by atoms with Crippen LogP contribution in [0.2, 0.25) is 5.15 Å². The van der Waals surface area contributed by atoms with Gasteiger partial charge < -0.3 is 0 Å². The van der Waals surface area contributed by atoms with Crippen molar-refractivity contribution in [3.8, 4) is 0 Å². The average Bonchev–Trinajstić information content (AvgIpc) is 2.77. The summed E-state index contributed by atoms with van der Waals surface area (Å²) in [5, 5.41) is 11.1. The minimum Gasteiger partial charge on any atom is -0.291 e. The Labute approximate surface area is 129 Å². The van der Waals surface area contributed by atoms with Gasteiger partial charge in [0.2, 0.25) is 11.7 Å². The molecule has 1 amide bonds. The molecule has 0 saturated carbocycles. The van der Waals surface area contributed by atoms with Crippen molar-refractivity contribution >= 4 is 45.9 Å². The van der Waals surface area contributed by atoms with Crippen LogP contribution < -0.4 is 4.90 Å². The molecule has 0 spiro atoms. The van der Waals surface area contributed by atoms with Gasteiger partial charge in [0.1, 0.15) is 5.15 Å². The first-order valence-electron chi connectivity index (χ1n) is 6.13. The summed E-state index contributed by atoms with van der Waals surface area (Å²) in [7, 11) is 0. The van der Waals surface area contributed by atoms with Crippen molar-refractivity contribution in [3.63, 3.8) is 0 Å². The standard InChI is InChI=1S/C12H12ClN3O4S/c1-7(17)21-6-8-4-11(18)15(5-8)12-9(16(19)20)2-3-10(13)14-12/h2-3,8H,4-6H2,1H3. The monoisotopic (exact) mass is 329 g/mol. The van der Waals surface area contributed by atoms with Crippen molar-refractivity contribution in [2.75, 3.05) is 17.2 Å². The zero-order valence-electron chi connectivity index (χ0n) is 11.1. The number of aromatic nitrogens is 1. The van der Waals surface area contributed by atoms with Crippen LogP contribution in [-0.2, 0) is 9.59 Å².